The zero-order valence-corrected chi connectivity index (χ0v) is 17.5. The van der Waals surface area contributed by atoms with Gasteiger partial charge in [0.25, 0.3) is 0 Å². The zero-order valence-electron chi connectivity index (χ0n) is 17.5. The number of benzene rings is 2. The summed E-state index contributed by atoms with van der Waals surface area (Å²) in [6, 6.07) is 18.8. The molecule has 0 atom stereocenters. The fraction of sp³-hybridized carbons (Fsp3) is 0.333. The molecule has 29 heavy (non-hydrogen) atoms. The molecule has 0 radical (unpaired) electrons. The molecule has 1 aliphatic rings. The highest BCUT2D eigenvalue weighted by Crippen LogP contribution is 2.27. The van der Waals surface area contributed by atoms with Crippen molar-refractivity contribution in [3.05, 3.63) is 65.7 Å². The number of nitrogens with one attached hydrogen (secondary N) is 1. The van der Waals surface area contributed by atoms with Crippen molar-refractivity contribution in [3.63, 3.8) is 0 Å². The third kappa shape index (κ3) is 4.57. The van der Waals surface area contributed by atoms with Crippen LogP contribution in [0.1, 0.15) is 18.1 Å². The normalized spacial score (nSPS) is 14.8. The van der Waals surface area contributed by atoms with Gasteiger partial charge in [-0.05, 0) is 32.0 Å². The van der Waals surface area contributed by atoms with Crippen molar-refractivity contribution in [1.82, 2.24) is 14.9 Å². The minimum atomic E-state index is 0.645. The third-order valence-electron chi connectivity index (χ3n) is 5.55. The van der Waals surface area contributed by atoms with Gasteiger partial charge in [0.2, 0.25) is 5.95 Å². The molecule has 5 nitrogen and oxygen atoms in total. The lowest BCUT2D eigenvalue weighted by molar-refractivity contribution is 0.270. The summed E-state index contributed by atoms with van der Waals surface area (Å²) in [6.45, 7) is 11.7. The Morgan fingerprint density at radius 2 is 1.66 bits per heavy atom. The molecule has 1 saturated heterocycles. The molecule has 0 amide bonds. The molecular weight excluding hydrogens is 358 g/mol. The maximum Gasteiger partial charge on any atom is 0.229 e. The van der Waals surface area contributed by atoms with Gasteiger partial charge in [-0.15, -0.1) is 0 Å². The van der Waals surface area contributed by atoms with Crippen LogP contribution in [-0.2, 0) is 0 Å². The summed E-state index contributed by atoms with van der Waals surface area (Å²) < 4.78 is 0. The molecule has 1 aliphatic heterocycles. The van der Waals surface area contributed by atoms with E-state index in [-0.39, 0.29) is 0 Å². The Kier molecular flexibility index (Phi) is 5.76. The van der Waals surface area contributed by atoms with Crippen LogP contribution in [0.4, 0.5) is 17.5 Å². The average Bonchev–Trinajstić information content (AvgIpc) is 2.76. The van der Waals surface area contributed by atoms with Crippen LogP contribution < -0.4 is 10.2 Å². The minimum Gasteiger partial charge on any atom is -0.354 e. The number of piperazine rings is 1. The first kappa shape index (κ1) is 19.4. The Morgan fingerprint density at radius 1 is 0.897 bits per heavy atom. The second kappa shape index (κ2) is 8.62. The third-order valence-corrected chi connectivity index (χ3v) is 5.55. The van der Waals surface area contributed by atoms with Gasteiger partial charge in [0.05, 0.1) is 5.69 Å². The predicted molar refractivity (Wildman–Crippen MR) is 121 cm³/mol. The van der Waals surface area contributed by atoms with Gasteiger partial charge in [0, 0.05) is 43.5 Å². The van der Waals surface area contributed by atoms with Crippen LogP contribution in [-0.4, -0.2) is 47.6 Å². The lowest BCUT2D eigenvalue weighted by Gasteiger charge is -2.35. The van der Waals surface area contributed by atoms with Crippen molar-refractivity contribution in [2.45, 2.75) is 20.8 Å². The highest BCUT2D eigenvalue weighted by atomic mass is 15.3. The van der Waals surface area contributed by atoms with E-state index in [0.29, 0.717) is 5.95 Å². The van der Waals surface area contributed by atoms with E-state index in [0.717, 1.165) is 55.5 Å². The number of likely N-dealkylation sites (N-methyl/N-ethyl adjacent to an activating group) is 1. The van der Waals surface area contributed by atoms with Gasteiger partial charge < -0.3 is 15.1 Å². The molecule has 150 valence electrons. The molecule has 4 rings (SSSR count). The monoisotopic (exact) mass is 387 g/mol. The number of aryl methyl sites for hydroxylation is 2. The highest BCUT2D eigenvalue weighted by Gasteiger charge is 2.19. The molecule has 1 fully saturated rings. The van der Waals surface area contributed by atoms with Gasteiger partial charge in [0.15, 0.2) is 0 Å². The van der Waals surface area contributed by atoms with E-state index in [1.165, 1.54) is 11.1 Å². The van der Waals surface area contributed by atoms with E-state index < -0.39 is 0 Å². The van der Waals surface area contributed by atoms with Crippen LogP contribution in [0.15, 0.2) is 54.6 Å². The Hall–Kier alpha value is -2.92. The van der Waals surface area contributed by atoms with Crippen molar-refractivity contribution < 1.29 is 0 Å². The first-order chi connectivity index (χ1) is 14.1. The minimum absolute atomic E-state index is 0.645. The summed E-state index contributed by atoms with van der Waals surface area (Å²) in [6.07, 6.45) is 0. The largest absolute Gasteiger partial charge is 0.354 e. The van der Waals surface area contributed by atoms with E-state index in [1.807, 2.05) is 18.2 Å². The van der Waals surface area contributed by atoms with Crippen LogP contribution in [0.5, 0.6) is 0 Å². The smallest absolute Gasteiger partial charge is 0.229 e. The summed E-state index contributed by atoms with van der Waals surface area (Å²) >= 11 is 0. The second-order valence-electron chi connectivity index (χ2n) is 7.67. The summed E-state index contributed by atoms with van der Waals surface area (Å²) in [5, 5.41) is 3.45. The number of nitrogens with zero attached hydrogens (tertiary/aromatic N) is 4. The highest BCUT2D eigenvalue weighted by molar-refractivity contribution is 5.67. The predicted octanol–water partition coefficient (Wildman–Crippen LogP) is 4.65. The zero-order chi connectivity index (χ0) is 20.2. The summed E-state index contributed by atoms with van der Waals surface area (Å²) in [5.41, 5.74) is 5.54. The first-order valence-corrected chi connectivity index (χ1v) is 10.4. The molecule has 1 aromatic heterocycles. The molecule has 0 unspecified atom stereocenters. The van der Waals surface area contributed by atoms with Crippen molar-refractivity contribution in [2.24, 2.45) is 0 Å². The van der Waals surface area contributed by atoms with Crippen molar-refractivity contribution in [1.29, 1.82) is 0 Å². The molecule has 0 aliphatic carbocycles. The Balaban J connectivity index is 1.68. The van der Waals surface area contributed by atoms with Gasteiger partial charge >= 0.3 is 0 Å². The van der Waals surface area contributed by atoms with Gasteiger partial charge in [-0.3, -0.25) is 0 Å². The second-order valence-corrected chi connectivity index (χ2v) is 7.67. The van der Waals surface area contributed by atoms with Crippen molar-refractivity contribution >= 4 is 17.5 Å². The number of aromatic nitrogens is 2. The first-order valence-electron chi connectivity index (χ1n) is 10.4. The lowest BCUT2D eigenvalue weighted by Crippen LogP contribution is -2.46. The van der Waals surface area contributed by atoms with E-state index in [1.54, 1.807) is 0 Å². The van der Waals surface area contributed by atoms with Crippen LogP contribution in [0.2, 0.25) is 0 Å². The molecule has 1 N–H and O–H groups in total. The topological polar surface area (TPSA) is 44.3 Å². The Labute approximate surface area is 173 Å². The molecule has 0 bridgehead atoms. The van der Waals surface area contributed by atoms with Crippen LogP contribution in [0, 0.1) is 13.8 Å². The molecule has 2 heterocycles. The molecule has 0 spiro atoms. The van der Waals surface area contributed by atoms with Gasteiger partial charge in [0.1, 0.15) is 5.82 Å². The van der Waals surface area contributed by atoms with E-state index in [4.69, 9.17) is 9.97 Å². The summed E-state index contributed by atoms with van der Waals surface area (Å²) in [5.74, 6) is 1.63. The van der Waals surface area contributed by atoms with E-state index in [2.05, 4.69) is 72.3 Å². The van der Waals surface area contributed by atoms with Crippen molar-refractivity contribution in [3.8, 4) is 11.3 Å². The fourth-order valence-corrected chi connectivity index (χ4v) is 3.78. The maximum absolute atomic E-state index is 4.88. The fourth-order valence-electron chi connectivity index (χ4n) is 3.78. The van der Waals surface area contributed by atoms with Crippen molar-refractivity contribution in [2.75, 3.05) is 42.9 Å². The summed E-state index contributed by atoms with van der Waals surface area (Å²) in [7, 11) is 0. The summed E-state index contributed by atoms with van der Waals surface area (Å²) in [4.78, 5) is 14.6. The maximum atomic E-state index is 4.88. The molecule has 3 aromatic rings. The quantitative estimate of drug-likeness (QED) is 0.691. The average molecular weight is 388 g/mol. The van der Waals surface area contributed by atoms with Crippen LogP contribution >= 0.6 is 0 Å². The number of hydrogen-bond donors (Lipinski definition) is 1. The van der Waals surface area contributed by atoms with E-state index >= 15 is 0 Å². The number of hydrogen-bond acceptors (Lipinski definition) is 5. The molecular formula is C24H29N5. The molecule has 0 saturated carbocycles. The van der Waals surface area contributed by atoms with Gasteiger partial charge in [-0.1, -0.05) is 55.0 Å². The van der Waals surface area contributed by atoms with Gasteiger partial charge in [-0.2, -0.15) is 4.98 Å². The van der Waals surface area contributed by atoms with Gasteiger partial charge in [-0.25, -0.2) is 4.98 Å². The van der Waals surface area contributed by atoms with Crippen LogP contribution in [0.3, 0.4) is 0 Å². The molecule has 5 heteroatoms. The van der Waals surface area contributed by atoms with Crippen LogP contribution in [0.25, 0.3) is 11.3 Å². The Morgan fingerprint density at radius 3 is 2.34 bits per heavy atom. The SMILES string of the molecule is CCN1CCN(c2cc(-c3ccccc3)nc(Nc3ccc(C)cc3C)n2)CC1. The lowest BCUT2D eigenvalue weighted by atomic mass is 10.1. The standard InChI is InChI=1S/C24H29N5/c1-4-28-12-14-29(15-13-28)23-17-22(20-8-6-5-7-9-20)26-24(27-23)25-21-11-10-18(2)16-19(21)3/h5-11,16-17H,4,12-15H2,1-3H3,(H,25,26,27). The molecule has 2 aromatic carbocycles. The number of rotatable bonds is 5. The number of anilines is 3. The van der Waals surface area contributed by atoms with E-state index in [9.17, 15) is 0 Å². The Bertz CT molecular complexity index is 962.